The van der Waals surface area contributed by atoms with Crippen LogP contribution in [0.3, 0.4) is 0 Å². The Hall–Kier alpha value is -1.50. The molecular formula is C21H17Cl2NO2S2. The quantitative estimate of drug-likeness (QED) is 0.459. The topological polar surface area (TPSA) is 37.4 Å². The Balaban J connectivity index is 1.76. The van der Waals surface area contributed by atoms with Crippen molar-refractivity contribution in [1.29, 1.82) is 0 Å². The molecule has 3 aromatic carbocycles. The van der Waals surface area contributed by atoms with E-state index in [0.29, 0.717) is 10.0 Å². The number of thioether (sulfide) groups is 1. The van der Waals surface area contributed by atoms with Gasteiger partial charge in [0.25, 0.3) is 0 Å². The standard InChI is InChI=1S/C21H17Cl2NO2S2/c1-14-2-12-19(13-3-14)28(25,26)24-20(15-4-8-17(22)9-5-15)27-21(24)16-6-10-18(23)11-7-16/h2-13,20-21H,1H3/t20-,21+. The van der Waals surface area contributed by atoms with E-state index in [9.17, 15) is 8.42 Å². The average Bonchev–Trinajstić information content (AvgIpc) is 2.64. The maximum atomic E-state index is 13.5. The number of benzene rings is 3. The number of nitrogens with zero attached hydrogens (tertiary/aromatic N) is 1. The van der Waals surface area contributed by atoms with Crippen molar-refractivity contribution in [2.24, 2.45) is 0 Å². The van der Waals surface area contributed by atoms with E-state index in [1.165, 1.54) is 0 Å². The fourth-order valence-electron chi connectivity index (χ4n) is 3.09. The van der Waals surface area contributed by atoms with Gasteiger partial charge in [-0.15, -0.1) is 11.8 Å². The summed E-state index contributed by atoms with van der Waals surface area (Å²) in [4.78, 5) is 0.288. The van der Waals surface area contributed by atoms with Crippen molar-refractivity contribution in [3.05, 3.63) is 99.5 Å². The van der Waals surface area contributed by atoms with Crippen molar-refractivity contribution in [2.45, 2.75) is 22.6 Å². The third kappa shape index (κ3) is 3.70. The number of sulfonamides is 1. The molecule has 0 unspecified atom stereocenters. The highest BCUT2D eigenvalue weighted by Crippen LogP contribution is 2.59. The van der Waals surface area contributed by atoms with Crippen LogP contribution in [-0.2, 0) is 10.0 Å². The van der Waals surface area contributed by atoms with E-state index in [1.807, 2.05) is 43.3 Å². The van der Waals surface area contributed by atoms with Crippen molar-refractivity contribution in [1.82, 2.24) is 4.31 Å². The molecule has 0 radical (unpaired) electrons. The van der Waals surface area contributed by atoms with Crippen LogP contribution in [0.15, 0.2) is 77.7 Å². The van der Waals surface area contributed by atoms with Crippen molar-refractivity contribution in [2.75, 3.05) is 0 Å². The van der Waals surface area contributed by atoms with Crippen LogP contribution in [0.2, 0.25) is 10.0 Å². The zero-order valence-electron chi connectivity index (χ0n) is 14.9. The summed E-state index contributed by atoms with van der Waals surface area (Å²) in [5, 5.41) is 0.610. The summed E-state index contributed by atoms with van der Waals surface area (Å²) in [5.74, 6) is 0. The van der Waals surface area contributed by atoms with Crippen LogP contribution in [0.5, 0.6) is 0 Å². The van der Waals surface area contributed by atoms with Crippen molar-refractivity contribution < 1.29 is 8.42 Å². The van der Waals surface area contributed by atoms with E-state index in [1.54, 1.807) is 52.5 Å². The fraction of sp³-hybridized carbons (Fsp3) is 0.143. The Kier molecular flexibility index (Phi) is 5.47. The maximum absolute atomic E-state index is 13.5. The van der Waals surface area contributed by atoms with E-state index >= 15 is 0 Å². The first-order valence-electron chi connectivity index (χ1n) is 8.63. The van der Waals surface area contributed by atoms with E-state index in [-0.39, 0.29) is 15.6 Å². The van der Waals surface area contributed by atoms with E-state index in [0.717, 1.165) is 16.7 Å². The number of rotatable bonds is 4. The highest BCUT2D eigenvalue weighted by molar-refractivity contribution is 8.03. The van der Waals surface area contributed by atoms with Gasteiger partial charge in [-0.2, -0.15) is 4.31 Å². The molecule has 1 heterocycles. The second-order valence-corrected chi connectivity index (χ2v) is 10.5. The van der Waals surface area contributed by atoms with Gasteiger partial charge >= 0.3 is 0 Å². The molecule has 1 aliphatic heterocycles. The number of aryl methyl sites for hydroxylation is 1. The van der Waals surface area contributed by atoms with Crippen LogP contribution in [-0.4, -0.2) is 12.7 Å². The molecule has 0 N–H and O–H groups in total. The van der Waals surface area contributed by atoms with Crippen LogP contribution in [0.4, 0.5) is 0 Å². The molecule has 1 aliphatic rings. The summed E-state index contributed by atoms with van der Waals surface area (Å²) in [6.45, 7) is 1.93. The van der Waals surface area contributed by atoms with Gasteiger partial charge in [-0.1, -0.05) is 65.2 Å². The lowest BCUT2D eigenvalue weighted by atomic mass is 10.2. The van der Waals surface area contributed by atoms with Gasteiger partial charge in [0.1, 0.15) is 0 Å². The van der Waals surface area contributed by atoms with Gasteiger partial charge in [0.2, 0.25) is 10.0 Å². The predicted molar refractivity (Wildman–Crippen MR) is 116 cm³/mol. The molecule has 0 aliphatic carbocycles. The molecule has 7 heteroatoms. The maximum Gasteiger partial charge on any atom is 0.245 e. The van der Waals surface area contributed by atoms with Crippen molar-refractivity contribution in [3.8, 4) is 0 Å². The molecule has 0 amide bonds. The van der Waals surface area contributed by atoms with Gasteiger partial charge in [-0.05, 0) is 54.4 Å². The molecule has 3 aromatic rings. The second-order valence-electron chi connectivity index (χ2n) is 6.59. The first-order valence-corrected chi connectivity index (χ1v) is 11.8. The second kappa shape index (κ2) is 7.73. The molecule has 0 bridgehead atoms. The Labute approximate surface area is 179 Å². The molecule has 4 rings (SSSR count). The lowest BCUT2D eigenvalue weighted by molar-refractivity contribution is 0.344. The molecule has 1 fully saturated rings. The Morgan fingerprint density at radius 3 is 1.61 bits per heavy atom. The fourth-order valence-corrected chi connectivity index (χ4v) is 6.96. The normalized spacial score (nSPS) is 20.0. The number of halogens is 2. The SMILES string of the molecule is Cc1ccc(S(=O)(=O)N2[C@@H](c3ccc(Cl)cc3)S[C@H]2c2ccc(Cl)cc2)cc1. The van der Waals surface area contributed by atoms with Crippen LogP contribution in [0, 0.1) is 6.92 Å². The molecule has 0 spiro atoms. The molecule has 0 saturated carbocycles. The Bertz CT molecular complexity index is 1030. The smallest absolute Gasteiger partial charge is 0.207 e. The van der Waals surface area contributed by atoms with E-state index in [4.69, 9.17) is 23.2 Å². The van der Waals surface area contributed by atoms with Gasteiger partial charge in [-0.3, -0.25) is 0 Å². The van der Waals surface area contributed by atoms with Crippen LogP contribution in [0.25, 0.3) is 0 Å². The molecular weight excluding hydrogens is 433 g/mol. The zero-order chi connectivity index (χ0) is 19.9. The largest absolute Gasteiger partial charge is 0.245 e. The first-order chi connectivity index (χ1) is 13.4. The van der Waals surface area contributed by atoms with Gasteiger partial charge in [-0.25, -0.2) is 8.42 Å². The molecule has 144 valence electrons. The average molecular weight is 450 g/mol. The first kappa shape index (κ1) is 19.8. The molecule has 0 aromatic heterocycles. The van der Waals surface area contributed by atoms with Gasteiger partial charge in [0.05, 0.1) is 15.6 Å². The molecule has 2 atom stereocenters. The minimum Gasteiger partial charge on any atom is -0.207 e. The monoisotopic (exact) mass is 449 g/mol. The number of hydrogen-bond acceptors (Lipinski definition) is 3. The molecule has 1 saturated heterocycles. The van der Waals surface area contributed by atoms with Crippen LogP contribution >= 0.6 is 35.0 Å². The Morgan fingerprint density at radius 2 is 1.18 bits per heavy atom. The minimum atomic E-state index is -3.69. The molecule has 28 heavy (non-hydrogen) atoms. The highest BCUT2D eigenvalue weighted by Gasteiger charge is 2.49. The van der Waals surface area contributed by atoms with Crippen molar-refractivity contribution >= 4 is 45.0 Å². The lowest BCUT2D eigenvalue weighted by Crippen LogP contribution is -2.43. The van der Waals surface area contributed by atoms with Gasteiger partial charge in [0.15, 0.2) is 0 Å². The predicted octanol–water partition coefficient (Wildman–Crippen LogP) is 6.44. The van der Waals surface area contributed by atoms with Gasteiger partial charge < -0.3 is 0 Å². The summed E-state index contributed by atoms with van der Waals surface area (Å²) in [6, 6.07) is 21.6. The molecule has 3 nitrogen and oxygen atoms in total. The third-order valence-corrected chi connectivity index (χ3v) is 8.76. The van der Waals surface area contributed by atoms with E-state index in [2.05, 4.69) is 0 Å². The highest BCUT2D eigenvalue weighted by atomic mass is 35.5. The van der Waals surface area contributed by atoms with Gasteiger partial charge in [0, 0.05) is 10.0 Å². The Morgan fingerprint density at radius 1 is 0.750 bits per heavy atom. The van der Waals surface area contributed by atoms with Crippen LogP contribution in [0.1, 0.15) is 27.4 Å². The minimum absolute atomic E-state index is 0.288. The number of hydrogen-bond donors (Lipinski definition) is 0. The summed E-state index contributed by atoms with van der Waals surface area (Å²) < 4.78 is 28.5. The zero-order valence-corrected chi connectivity index (χ0v) is 18.1. The van der Waals surface area contributed by atoms with Crippen molar-refractivity contribution in [3.63, 3.8) is 0 Å². The third-order valence-electron chi connectivity index (χ3n) is 4.63. The van der Waals surface area contributed by atoms with Crippen LogP contribution < -0.4 is 0 Å². The summed E-state index contributed by atoms with van der Waals surface area (Å²) in [5.41, 5.74) is 2.81. The summed E-state index contributed by atoms with van der Waals surface area (Å²) in [7, 11) is -3.69. The van der Waals surface area contributed by atoms with E-state index < -0.39 is 10.0 Å². The summed E-state index contributed by atoms with van der Waals surface area (Å²) in [6.07, 6.45) is 0. The lowest BCUT2D eigenvalue weighted by Gasteiger charge is -2.46. The summed E-state index contributed by atoms with van der Waals surface area (Å²) >= 11 is 13.6.